The van der Waals surface area contributed by atoms with Crippen molar-refractivity contribution in [1.29, 1.82) is 0 Å². The highest BCUT2D eigenvalue weighted by Crippen LogP contribution is 2.31. The summed E-state index contributed by atoms with van der Waals surface area (Å²) in [5.41, 5.74) is 9.75. The molecule has 3 amide bonds. The summed E-state index contributed by atoms with van der Waals surface area (Å²) >= 11 is 0. The number of rotatable bonds is 12. The van der Waals surface area contributed by atoms with Crippen molar-refractivity contribution in [2.75, 3.05) is 4.90 Å². The molecule has 3 N–H and O–H groups in total. The number of para-hydroxylation sites is 1. The number of nitrogens with zero attached hydrogens (tertiary/aromatic N) is 2. The van der Waals surface area contributed by atoms with Crippen LogP contribution in [0.5, 0.6) is 0 Å². The fourth-order valence-corrected chi connectivity index (χ4v) is 5.45. The van der Waals surface area contributed by atoms with Crippen LogP contribution in [0.25, 0.3) is 0 Å². The van der Waals surface area contributed by atoms with Crippen molar-refractivity contribution in [2.45, 2.75) is 59.2 Å². The number of benzene rings is 3. The molecule has 214 valence electrons. The van der Waals surface area contributed by atoms with Crippen molar-refractivity contribution in [3.05, 3.63) is 102 Å². The van der Waals surface area contributed by atoms with Crippen LogP contribution in [-0.4, -0.2) is 29.6 Å². The molecule has 1 unspecified atom stereocenters. The van der Waals surface area contributed by atoms with E-state index in [4.69, 9.17) is 10.7 Å². The highest BCUT2D eigenvalue weighted by molar-refractivity contribution is 6.20. The van der Waals surface area contributed by atoms with E-state index in [2.05, 4.69) is 5.32 Å². The van der Waals surface area contributed by atoms with Crippen molar-refractivity contribution in [3.8, 4) is 0 Å². The minimum absolute atomic E-state index is 0.154. The second-order valence-corrected chi connectivity index (χ2v) is 11.1. The molecule has 0 aromatic heterocycles. The molecule has 3 atom stereocenters. The lowest BCUT2D eigenvalue weighted by Gasteiger charge is -2.29. The molecule has 3 aromatic rings. The van der Waals surface area contributed by atoms with Crippen LogP contribution in [0.15, 0.2) is 89.9 Å². The Kier molecular flexibility index (Phi) is 10.1. The summed E-state index contributed by atoms with van der Waals surface area (Å²) in [6.45, 7) is 6.38. The number of anilines is 1. The molecule has 0 bridgehead atoms. The Labute approximate surface area is 242 Å². The number of nitrogens with two attached hydrogens (primary N) is 1. The number of hydrogen-bond donors (Lipinski definition) is 2. The molecule has 0 fully saturated rings. The molecule has 1 aliphatic heterocycles. The Balaban J connectivity index is 1.78. The Morgan fingerprint density at radius 1 is 0.927 bits per heavy atom. The first-order chi connectivity index (χ1) is 19.8. The number of carbonyl (C=O) groups is 3. The van der Waals surface area contributed by atoms with Crippen LogP contribution in [0, 0.1) is 17.8 Å². The standard InChI is InChI=1S/C34H40N4O3/c1-4-5-18-26(31(35)39)28(21-23(2)3)33(40)37-32-34(41)38(22-24-14-8-6-9-15-24)29-20-13-12-19-27(29)30(36-32)25-16-10-7-11-17-25/h6-17,19-20,23,26,28,32H,4-5,18,21-22H2,1-3H3,(H2,35,39)(H,37,40)/t26-,28+,32?/m0/s1. The van der Waals surface area contributed by atoms with Crippen molar-refractivity contribution in [3.63, 3.8) is 0 Å². The van der Waals surface area contributed by atoms with E-state index >= 15 is 0 Å². The van der Waals surface area contributed by atoms with Crippen molar-refractivity contribution in [2.24, 2.45) is 28.5 Å². The summed E-state index contributed by atoms with van der Waals surface area (Å²) in [5.74, 6) is -2.32. The zero-order valence-corrected chi connectivity index (χ0v) is 24.1. The molecule has 0 saturated heterocycles. The Bertz CT molecular complexity index is 1370. The van der Waals surface area contributed by atoms with E-state index in [1.54, 1.807) is 4.90 Å². The molecule has 0 radical (unpaired) electrons. The lowest BCUT2D eigenvalue weighted by atomic mass is 9.81. The zero-order chi connectivity index (χ0) is 29.4. The van der Waals surface area contributed by atoms with Gasteiger partial charge in [-0.1, -0.05) is 112 Å². The van der Waals surface area contributed by atoms with Crippen LogP contribution >= 0.6 is 0 Å². The molecule has 1 heterocycles. The maximum Gasteiger partial charge on any atom is 0.272 e. The van der Waals surface area contributed by atoms with Gasteiger partial charge in [-0.3, -0.25) is 14.4 Å². The molecular weight excluding hydrogens is 512 g/mol. The normalized spacial score (nSPS) is 16.4. The van der Waals surface area contributed by atoms with Gasteiger partial charge in [-0.15, -0.1) is 0 Å². The molecule has 0 spiro atoms. The number of nitrogens with one attached hydrogen (secondary N) is 1. The molecule has 0 aliphatic carbocycles. The second kappa shape index (κ2) is 13.9. The minimum Gasteiger partial charge on any atom is -0.369 e. The number of benzodiazepines with no additional fused rings is 1. The minimum atomic E-state index is -1.18. The van der Waals surface area contributed by atoms with E-state index in [1.807, 2.05) is 106 Å². The van der Waals surface area contributed by atoms with Gasteiger partial charge in [0.15, 0.2) is 0 Å². The van der Waals surface area contributed by atoms with Gasteiger partial charge in [0.25, 0.3) is 5.91 Å². The topological polar surface area (TPSA) is 105 Å². The van der Waals surface area contributed by atoms with Gasteiger partial charge in [0.2, 0.25) is 18.0 Å². The summed E-state index contributed by atoms with van der Waals surface area (Å²) in [6.07, 6.45) is 1.50. The van der Waals surface area contributed by atoms with Crippen molar-refractivity contribution >= 4 is 29.1 Å². The summed E-state index contributed by atoms with van der Waals surface area (Å²) in [6, 6.07) is 27.1. The average Bonchev–Trinajstić information content (AvgIpc) is 3.08. The van der Waals surface area contributed by atoms with E-state index in [0.29, 0.717) is 25.1 Å². The fourth-order valence-electron chi connectivity index (χ4n) is 5.45. The number of aliphatic imine (C=N–C) groups is 1. The van der Waals surface area contributed by atoms with Gasteiger partial charge < -0.3 is 16.0 Å². The van der Waals surface area contributed by atoms with E-state index in [-0.39, 0.29) is 17.7 Å². The lowest BCUT2D eigenvalue weighted by molar-refractivity contribution is -0.136. The van der Waals surface area contributed by atoms with Gasteiger partial charge >= 0.3 is 0 Å². The number of amides is 3. The number of hydrogen-bond acceptors (Lipinski definition) is 4. The van der Waals surface area contributed by atoms with Crippen LogP contribution in [0.3, 0.4) is 0 Å². The van der Waals surface area contributed by atoms with Gasteiger partial charge in [-0.25, -0.2) is 4.99 Å². The molecule has 41 heavy (non-hydrogen) atoms. The first-order valence-corrected chi connectivity index (χ1v) is 14.5. The maximum absolute atomic E-state index is 14.3. The van der Waals surface area contributed by atoms with Crippen molar-refractivity contribution < 1.29 is 14.4 Å². The third kappa shape index (κ3) is 7.28. The third-order valence-corrected chi connectivity index (χ3v) is 7.50. The van der Waals surface area contributed by atoms with Gasteiger partial charge in [-0.2, -0.15) is 0 Å². The van der Waals surface area contributed by atoms with Crippen LogP contribution < -0.4 is 16.0 Å². The number of carbonyl (C=O) groups excluding carboxylic acids is 3. The Morgan fingerprint density at radius 2 is 1.56 bits per heavy atom. The predicted octanol–water partition coefficient (Wildman–Crippen LogP) is 5.47. The van der Waals surface area contributed by atoms with Crippen LogP contribution in [0.4, 0.5) is 5.69 Å². The van der Waals surface area contributed by atoms with E-state index in [0.717, 1.165) is 35.2 Å². The SMILES string of the molecule is CCCC[C@H](C(N)=O)[C@@H](CC(C)C)C(=O)NC1N=C(c2ccccc2)c2ccccc2N(Cc2ccccc2)C1=O. The predicted molar refractivity (Wildman–Crippen MR) is 163 cm³/mol. The molecule has 1 aliphatic rings. The summed E-state index contributed by atoms with van der Waals surface area (Å²) in [7, 11) is 0. The van der Waals surface area contributed by atoms with Crippen molar-refractivity contribution in [1.82, 2.24) is 5.32 Å². The third-order valence-electron chi connectivity index (χ3n) is 7.50. The average molecular weight is 553 g/mol. The zero-order valence-electron chi connectivity index (χ0n) is 24.1. The van der Waals surface area contributed by atoms with Crippen LogP contribution in [0.2, 0.25) is 0 Å². The van der Waals surface area contributed by atoms with Crippen LogP contribution in [-0.2, 0) is 20.9 Å². The second-order valence-electron chi connectivity index (χ2n) is 11.1. The van der Waals surface area contributed by atoms with E-state index < -0.39 is 23.9 Å². The number of primary amides is 1. The molecule has 7 nitrogen and oxygen atoms in total. The molecule has 4 rings (SSSR count). The van der Waals surface area contributed by atoms with Gasteiger partial charge in [0.05, 0.1) is 17.9 Å². The number of fused-ring (bicyclic) bond motifs is 1. The maximum atomic E-state index is 14.3. The molecule has 0 saturated carbocycles. The van der Waals surface area contributed by atoms with Gasteiger partial charge in [0, 0.05) is 23.0 Å². The first-order valence-electron chi connectivity index (χ1n) is 14.5. The number of unbranched alkanes of at least 4 members (excludes halogenated alkanes) is 1. The smallest absolute Gasteiger partial charge is 0.272 e. The van der Waals surface area contributed by atoms with Gasteiger partial charge in [0.1, 0.15) is 0 Å². The van der Waals surface area contributed by atoms with Gasteiger partial charge in [-0.05, 0) is 30.4 Å². The summed E-state index contributed by atoms with van der Waals surface area (Å²) < 4.78 is 0. The molecular formula is C34H40N4O3. The largest absolute Gasteiger partial charge is 0.369 e. The first kappa shape index (κ1) is 29.7. The fraction of sp³-hybridized carbons (Fsp3) is 0.353. The van der Waals surface area contributed by atoms with Crippen LogP contribution in [0.1, 0.15) is 63.1 Å². The van der Waals surface area contributed by atoms with E-state index in [9.17, 15) is 14.4 Å². The highest BCUT2D eigenvalue weighted by atomic mass is 16.2. The molecule has 7 heteroatoms. The Morgan fingerprint density at radius 3 is 2.20 bits per heavy atom. The Hall–Kier alpha value is -4.26. The lowest BCUT2D eigenvalue weighted by Crippen LogP contribution is -2.50. The molecule has 3 aromatic carbocycles. The summed E-state index contributed by atoms with van der Waals surface area (Å²) in [5, 5.41) is 2.95. The monoisotopic (exact) mass is 552 g/mol. The summed E-state index contributed by atoms with van der Waals surface area (Å²) in [4.78, 5) is 47.3. The van der Waals surface area contributed by atoms with E-state index in [1.165, 1.54) is 0 Å². The highest BCUT2D eigenvalue weighted by Gasteiger charge is 2.37. The quantitative estimate of drug-likeness (QED) is 0.311.